The van der Waals surface area contributed by atoms with Gasteiger partial charge >= 0.3 is 11.9 Å². The molecule has 0 bridgehead atoms. The first-order chi connectivity index (χ1) is 12.0. The molecule has 0 fully saturated rings. The predicted octanol–water partition coefficient (Wildman–Crippen LogP) is 3.28. The van der Waals surface area contributed by atoms with Crippen LogP contribution in [0, 0.1) is 0 Å². The van der Waals surface area contributed by atoms with E-state index in [0.717, 1.165) is 10.8 Å². The summed E-state index contributed by atoms with van der Waals surface area (Å²) in [5, 5.41) is 19.0. The van der Waals surface area contributed by atoms with Gasteiger partial charge in [-0.15, -0.1) is 0 Å². The van der Waals surface area contributed by atoms with Crippen LogP contribution in [0.15, 0.2) is 47.2 Å². The number of aromatic amines is 2. The molecule has 0 aromatic carbocycles. The SMILES string of the molecule is O=C(O)c1[nH]c2ncccc2c1Br.O=C(O)c1cc2cccnc2[nH]1. The minimum Gasteiger partial charge on any atom is -0.477 e. The van der Waals surface area contributed by atoms with Crippen LogP contribution in [0.2, 0.25) is 0 Å². The molecule has 0 aliphatic heterocycles. The largest absolute Gasteiger partial charge is 0.477 e. The zero-order valence-corrected chi connectivity index (χ0v) is 14.1. The third-order valence-electron chi connectivity index (χ3n) is 3.34. The van der Waals surface area contributed by atoms with Crippen LogP contribution in [0.3, 0.4) is 0 Å². The number of aromatic carboxylic acids is 2. The molecule has 0 amide bonds. The Balaban J connectivity index is 0.000000146. The van der Waals surface area contributed by atoms with Gasteiger partial charge in [0, 0.05) is 23.2 Å². The number of nitrogens with zero attached hydrogens (tertiary/aromatic N) is 2. The lowest BCUT2D eigenvalue weighted by Crippen LogP contribution is -1.96. The number of hydrogen-bond acceptors (Lipinski definition) is 4. The number of pyridine rings is 2. The van der Waals surface area contributed by atoms with Crippen molar-refractivity contribution in [3.8, 4) is 0 Å². The summed E-state index contributed by atoms with van der Waals surface area (Å²) >= 11 is 3.20. The van der Waals surface area contributed by atoms with Gasteiger partial charge in [0.2, 0.25) is 0 Å². The summed E-state index contributed by atoms with van der Waals surface area (Å²) in [5.41, 5.74) is 1.49. The summed E-state index contributed by atoms with van der Waals surface area (Å²) in [4.78, 5) is 34.6. The van der Waals surface area contributed by atoms with Gasteiger partial charge in [-0.2, -0.15) is 0 Å². The summed E-state index contributed by atoms with van der Waals surface area (Å²) < 4.78 is 0.545. The Hall–Kier alpha value is -3.20. The number of fused-ring (bicyclic) bond motifs is 2. The van der Waals surface area contributed by atoms with Crippen molar-refractivity contribution in [3.63, 3.8) is 0 Å². The van der Waals surface area contributed by atoms with E-state index in [1.54, 1.807) is 36.7 Å². The molecule has 4 aromatic heterocycles. The van der Waals surface area contributed by atoms with Crippen molar-refractivity contribution in [2.24, 2.45) is 0 Å². The van der Waals surface area contributed by atoms with E-state index < -0.39 is 11.9 Å². The lowest BCUT2D eigenvalue weighted by atomic mass is 10.3. The normalized spacial score (nSPS) is 10.4. The van der Waals surface area contributed by atoms with Crippen molar-refractivity contribution in [1.29, 1.82) is 0 Å². The van der Waals surface area contributed by atoms with Gasteiger partial charge in [0.1, 0.15) is 22.7 Å². The maximum atomic E-state index is 10.7. The molecule has 0 aliphatic rings. The van der Waals surface area contributed by atoms with Crippen LogP contribution in [-0.4, -0.2) is 42.1 Å². The van der Waals surface area contributed by atoms with Gasteiger partial charge in [0.15, 0.2) is 0 Å². The Labute approximate surface area is 148 Å². The molecule has 4 N–H and O–H groups in total. The van der Waals surface area contributed by atoms with Gasteiger partial charge < -0.3 is 20.2 Å². The zero-order valence-electron chi connectivity index (χ0n) is 12.5. The maximum absolute atomic E-state index is 10.7. The van der Waals surface area contributed by atoms with Crippen molar-refractivity contribution in [2.75, 3.05) is 0 Å². The van der Waals surface area contributed by atoms with Gasteiger partial charge in [-0.25, -0.2) is 19.6 Å². The minimum absolute atomic E-state index is 0.133. The molecule has 4 heterocycles. The molecule has 0 spiro atoms. The van der Waals surface area contributed by atoms with Gasteiger partial charge in [-0.05, 0) is 46.3 Å². The average Bonchev–Trinajstić information content (AvgIpc) is 3.17. The van der Waals surface area contributed by atoms with Crippen molar-refractivity contribution >= 4 is 49.9 Å². The van der Waals surface area contributed by atoms with Crippen LogP contribution >= 0.6 is 15.9 Å². The van der Waals surface area contributed by atoms with E-state index in [1.165, 1.54) is 0 Å². The Morgan fingerprint density at radius 2 is 1.64 bits per heavy atom. The molecule has 0 saturated carbocycles. The summed E-state index contributed by atoms with van der Waals surface area (Å²) in [7, 11) is 0. The second kappa shape index (κ2) is 6.73. The molecule has 0 aliphatic carbocycles. The fourth-order valence-corrected chi connectivity index (χ4v) is 2.80. The van der Waals surface area contributed by atoms with Crippen LogP contribution < -0.4 is 0 Å². The Bertz CT molecular complexity index is 1050. The summed E-state index contributed by atoms with van der Waals surface area (Å²) in [6, 6.07) is 8.69. The van der Waals surface area contributed by atoms with Gasteiger partial charge in [0.05, 0.1) is 4.47 Å². The lowest BCUT2D eigenvalue weighted by molar-refractivity contribution is 0.0680. The predicted molar refractivity (Wildman–Crippen MR) is 93.8 cm³/mol. The number of hydrogen-bond donors (Lipinski definition) is 4. The van der Waals surface area contributed by atoms with E-state index in [1.807, 2.05) is 6.07 Å². The minimum atomic E-state index is -0.995. The first-order valence-corrected chi connectivity index (χ1v) is 7.79. The number of H-pyrrole nitrogens is 2. The summed E-state index contributed by atoms with van der Waals surface area (Å²) in [6.45, 7) is 0. The number of carbonyl (C=O) groups is 2. The molecule has 4 rings (SSSR count). The van der Waals surface area contributed by atoms with Crippen LogP contribution in [0.4, 0.5) is 0 Å². The fraction of sp³-hybridized carbons (Fsp3) is 0. The van der Waals surface area contributed by atoms with E-state index in [2.05, 4.69) is 35.9 Å². The molecule has 0 radical (unpaired) electrons. The third kappa shape index (κ3) is 3.36. The monoisotopic (exact) mass is 402 g/mol. The second-order valence-corrected chi connectivity index (χ2v) is 5.74. The lowest BCUT2D eigenvalue weighted by Gasteiger charge is -1.87. The number of halogens is 1. The fourth-order valence-electron chi connectivity index (χ4n) is 2.21. The zero-order chi connectivity index (χ0) is 18.0. The van der Waals surface area contributed by atoms with E-state index in [0.29, 0.717) is 15.8 Å². The van der Waals surface area contributed by atoms with Crippen molar-refractivity contribution < 1.29 is 19.8 Å². The van der Waals surface area contributed by atoms with E-state index in [9.17, 15) is 9.59 Å². The van der Waals surface area contributed by atoms with Crippen LogP contribution in [0.1, 0.15) is 21.0 Å². The molecule has 126 valence electrons. The summed E-state index contributed by atoms with van der Waals surface area (Å²) in [6.07, 6.45) is 3.22. The average molecular weight is 403 g/mol. The topological polar surface area (TPSA) is 132 Å². The molecule has 0 saturated heterocycles. The molecule has 25 heavy (non-hydrogen) atoms. The highest BCUT2D eigenvalue weighted by Gasteiger charge is 2.14. The Kier molecular flexibility index (Phi) is 4.48. The number of carboxylic acids is 2. The molecule has 8 nitrogen and oxygen atoms in total. The summed E-state index contributed by atoms with van der Waals surface area (Å²) in [5.74, 6) is -1.96. The number of rotatable bonds is 2. The molecule has 4 aromatic rings. The van der Waals surface area contributed by atoms with Crippen LogP contribution in [-0.2, 0) is 0 Å². The van der Waals surface area contributed by atoms with Crippen molar-refractivity contribution in [1.82, 2.24) is 19.9 Å². The highest BCUT2D eigenvalue weighted by atomic mass is 79.9. The number of carboxylic acid groups (broad SMARTS) is 2. The first kappa shape index (κ1) is 16.7. The van der Waals surface area contributed by atoms with E-state index >= 15 is 0 Å². The van der Waals surface area contributed by atoms with Crippen LogP contribution in [0.5, 0.6) is 0 Å². The van der Waals surface area contributed by atoms with Gasteiger partial charge in [-0.3, -0.25) is 0 Å². The maximum Gasteiger partial charge on any atom is 0.353 e. The van der Waals surface area contributed by atoms with Crippen molar-refractivity contribution in [3.05, 3.63) is 58.6 Å². The first-order valence-electron chi connectivity index (χ1n) is 7.00. The highest BCUT2D eigenvalue weighted by Crippen LogP contribution is 2.26. The molecule has 0 unspecified atom stereocenters. The number of nitrogens with one attached hydrogen (secondary N) is 2. The molecular weight excluding hydrogens is 392 g/mol. The third-order valence-corrected chi connectivity index (χ3v) is 4.17. The molecule has 0 atom stereocenters. The van der Waals surface area contributed by atoms with Crippen LogP contribution in [0.25, 0.3) is 22.1 Å². The van der Waals surface area contributed by atoms with Gasteiger partial charge in [-0.1, -0.05) is 0 Å². The standard InChI is InChI=1S/C8H5BrN2O2.C8H6N2O2/c9-5-4-2-1-3-10-7(4)11-6(5)8(12)13;11-8(12)6-4-5-2-1-3-9-7(5)10-6/h1-3H,(H,10,11)(H,12,13);1-4H,(H,9,10)(H,11,12). The quantitative estimate of drug-likeness (QED) is 0.406. The molecular formula is C16H11BrN4O4. The van der Waals surface area contributed by atoms with Gasteiger partial charge in [0.25, 0.3) is 0 Å². The number of aromatic nitrogens is 4. The molecule has 9 heteroatoms. The Morgan fingerprint density at radius 3 is 2.24 bits per heavy atom. The Morgan fingerprint density at radius 1 is 0.960 bits per heavy atom. The highest BCUT2D eigenvalue weighted by molar-refractivity contribution is 9.10. The van der Waals surface area contributed by atoms with E-state index in [-0.39, 0.29) is 11.4 Å². The van der Waals surface area contributed by atoms with E-state index in [4.69, 9.17) is 10.2 Å². The smallest absolute Gasteiger partial charge is 0.353 e. The van der Waals surface area contributed by atoms with Crippen molar-refractivity contribution in [2.45, 2.75) is 0 Å². The second-order valence-electron chi connectivity index (χ2n) is 4.95.